The Hall–Kier alpha value is -2.85. The second kappa shape index (κ2) is 7.24. The summed E-state index contributed by atoms with van der Waals surface area (Å²) in [5, 5.41) is 15.8. The van der Waals surface area contributed by atoms with Gasteiger partial charge in [-0.2, -0.15) is 5.26 Å². The number of thiocyanates is 1. The van der Waals surface area contributed by atoms with Gasteiger partial charge in [0.1, 0.15) is 11.2 Å². The molecule has 2 N–H and O–H groups in total. The average Bonchev–Trinajstić information content (AvgIpc) is 2.49. The van der Waals surface area contributed by atoms with Gasteiger partial charge in [0.05, 0.1) is 0 Å². The van der Waals surface area contributed by atoms with Crippen molar-refractivity contribution in [2.24, 2.45) is 0 Å². The van der Waals surface area contributed by atoms with Gasteiger partial charge in [-0.15, -0.1) is 0 Å². The molecule has 110 valence electrons. The molecule has 0 spiro atoms. The van der Waals surface area contributed by atoms with Gasteiger partial charge in [-0.05, 0) is 48.2 Å². The van der Waals surface area contributed by atoms with Crippen molar-refractivity contribution in [1.82, 2.24) is 4.98 Å². The summed E-state index contributed by atoms with van der Waals surface area (Å²) >= 11 is 1.05. The number of amides is 2. The number of carbonyl (C=O) groups is 2. The van der Waals surface area contributed by atoms with Gasteiger partial charge in [0.25, 0.3) is 5.91 Å². The van der Waals surface area contributed by atoms with Gasteiger partial charge >= 0.3 is 0 Å². The summed E-state index contributed by atoms with van der Waals surface area (Å²) in [4.78, 5) is 27.9. The third-order valence-corrected chi connectivity index (χ3v) is 3.20. The van der Waals surface area contributed by atoms with Crippen LogP contribution < -0.4 is 10.6 Å². The summed E-state index contributed by atoms with van der Waals surface area (Å²) in [5.74, 6) is -0.244. The first-order valence-corrected chi connectivity index (χ1v) is 7.11. The fourth-order valence-electron chi connectivity index (χ4n) is 1.68. The van der Waals surface area contributed by atoms with Gasteiger partial charge in [-0.3, -0.25) is 9.59 Å². The van der Waals surface area contributed by atoms with Gasteiger partial charge in [0.2, 0.25) is 5.91 Å². The van der Waals surface area contributed by atoms with Crippen molar-refractivity contribution in [1.29, 1.82) is 5.26 Å². The number of nitrogens with zero attached hydrogens (tertiary/aromatic N) is 2. The molecule has 0 fully saturated rings. The van der Waals surface area contributed by atoms with Crippen molar-refractivity contribution in [2.75, 3.05) is 10.6 Å². The molecule has 7 heteroatoms. The average molecular weight is 312 g/mol. The summed E-state index contributed by atoms with van der Waals surface area (Å²) in [5.41, 5.74) is 0.999. The Kier molecular flexibility index (Phi) is 5.11. The molecule has 1 heterocycles. The zero-order chi connectivity index (χ0) is 15.9. The lowest BCUT2D eigenvalue weighted by Crippen LogP contribution is -2.13. The minimum atomic E-state index is -0.310. The van der Waals surface area contributed by atoms with E-state index < -0.39 is 0 Å². The van der Waals surface area contributed by atoms with E-state index in [4.69, 9.17) is 5.26 Å². The van der Waals surface area contributed by atoms with E-state index in [-0.39, 0.29) is 11.8 Å². The number of benzene rings is 1. The fraction of sp³-hybridized carbons (Fsp3) is 0.0667. The number of rotatable bonds is 4. The molecule has 0 aliphatic carbocycles. The van der Waals surface area contributed by atoms with Crippen LogP contribution in [0.25, 0.3) is 0 Å². The molecule has 0 saturated heterocycles. The lowest BCUT2D eigenvalue weighted by molar-refractivity contribution is -0.114. The first kappa shape index (κ1) is 15.5. The molecule has 0 atom stereocenters. The van der Waals surface area contributed by atoms with Crippen LogP contribution in [0.1, 0.15) is 17.3 Å². The highest BCUT2D eigenvalue weighted by atomic mass is 32.2. The van der Waals surface area contributed by atoms with Crippen LogP contribution in [0.2, 0.25) is 0 Å². The zero-order valence-electron chi connectivity index (χ0n) is 11.7. The highest BCUT2D eigenvalue weighted by molar-refractivity contribution is 8.03. The van der Waals surface area contributed by atoms with Crippen LogP contribution in [0.3, 0.4) is 0 Å². The van der Waals surface area contributed by atoms with E-state index >= 15 is 0 Å². The predicted octanol–water partition coefficient (Wildman–Crippen LogP) is 2.87. The molecule has 6 nitrogen and oxygen atoms in total. The molecule has 1 aromatic carbocycles. The van der Waals surface area contributed by atoms with Crippen LogP contribution in [-0.4, -0.2) is 16.8 Å². The smallest absolute Gasteiger partial charge is 0.255 e. The van der Waals surface area contributed by atoms with Crippen molar-refractivity contribution in [3.63, 3.8) is 0 Å². The Morgan fingerprint density at radius 2 is 1.91 bits per heavy atom. The van der Waals surface area contributed by atoms with Crippen LogP contribution in [0.4, 0.5) is 11.5 Å². The molecule has 0 aliphatic heterocycles. The number of pyridine rings is 1. The highest BCUT2D eigenvalue weighted by Gasteiger charge is 2.08. The fourth-order valence-corrected chi connectivity index (χ4v) is 2.06. The molecule has 0 aliphatic rings. The SMILES string of the molecule is CC(=O)Nc1cc(C(=O)Nc2ccc(SC#N)cc2)ccn1. The largest absolute Gasteiger partial charge is 0.322 e. The Morgan fingerprint density at radius 3 is 2.55 bits per heavy atom. The molecule has 0 radical (unpaired) electrons. The maximum atomic E-state index is 12.2. The normalized spacial score (nSPS) is 9.64. The van der Waals surface area contributed by atoms with Crippen molar-refractivity contribution in [2.45, 2.75) is 11.8 Å². The molecule has 0 saturated carbocycles. The molecule has 22 heavy (non-hydrogen) atoms. The zero-order valence-corrected chi connectivity index (χ0v) is 12.5. The van der Waals surface area contributed by atoms with E-state index in [0.29, 0.717) is 17.1 Å². The second-order valence-corrected chi connectivity index (χ2v) is 5.14. The van der Waals surface area contributed by atoms with Gasteiger partial charge in [0.15, 0.2) is 0 Å². The number of thioether (sulfide) groups is 1. The monoisotopic (exact) mass is 312 g/mol. The Balaban J connectivity index is 2.08. The number of nitrogens with one attached hydrogen (secondary N) is 2. The maximum Gasteiger partial charge on any atom is 0.255 e. The predicted molar refractivity (Wildman–Crippen MR) is 84.4 cm³/mol. The highest BCUT2D eigenvalue weighted by Crippen LogP contribution is 2.19. The quantitative estimate of drug-likeness (QED) is 0.668. The molecule has 1 aromatic heterocycles. The van der Waals surface area contributed by atoms with Crippen LogP contribution in [0, 0.1) is 10.7 Å². The molecular formula is C15H12N4O2S. The molecule has 2 amide bonds. The third kappa shape index (κ3) is 4.33. The number of hydrogen-bond donors (Lipinski definition) is 2. The van der Waals surface area contributed by atoms with Crippen LogP contribution in [0.5, 0.6) is 0 Å². The van der Waals surface area contributed by atoms with Crippen LogP contribution in [-0.2, 0) is 4.79 Å². The second-order valence-electron chi connectivity index (χ2n) is 4.28. The van der Waals surface area contributed by atoms with Crippen molar-refractivity contribution < 1.29 is 9.59 Å². The topological polar surface area (TPSA) is 94.9 Å². The lowest BCUT2D eigenvalue weighted by Gasteiger charge is -2.07. The van der Waals surface area contributed by atoms with Crippen molar-refractivity contribution in [3.05, 3.63) is 48.2 Å². The van der Waals surface area contributed by atoms with E-state index in [1.807, 2.05) is 5.40 Å². The van der Waals surface area contributed by atoms with Crippen LogP contribution >= 0.6 is 11.8 Å². The van der Waals surface area contributed by atoms with E-state index in [2.05, 4.69) is 15.6 Å². The molecule has 2 rings (SSSR count). The van der Waals surface area contributed by atoms with Crippen LogP contribution in [0.15, 0.2) is 47.5 Å². The molecule has 0 bridgehead atoms. The maximum absolute atomic E-state index is 12.2. The lowest BCUT2D eigenvalue weighted by atomic mass is 10.2. The number of anilines is 2. The van der Waals surface area contributed by atoms with Crippen molar-refractivity contribution >= 4 is 35.1 Å². The van der Waals surface area contributed by atoms with E-state index in [1.54, 1.807) is 30.3 Å². The Labute approximate surface area is 131 Å². The summed E-state index contributed by atoms with van der Waals surface area (Å²) in [7, 11) is 0. The number of nitriles is 1. The summed E-state index contributed by atoms with van der Waals surface area (Å²) in [6.45, 7) is 1.37. The molecule has 0 unspecified atom stereocenters. The Bertz CT molecular complexity index is 738. The van der Waals surface area contributed by atoms with Gasteiger partial charge in [0, 0.05) is 29.3 Å². The van der Waals surface area contributed by atoms with Gasteiger partial charge < -0.3 is 10.6 Å². The van der Waals surface area contributed by atoms with E-state index in [9.17, 15) is 9.59 Å². The Morgan fingerprint density at radius 1 is 1.18 bits per heavy atom. The minimum Gasteiger partial charge on any atom is -0.322 e. The van der Waals surface area contributed by atoms with E-state index in [1.165, 1.54) is 19.2 Å². The minimum absolute atomic E-state index is 0.254. The third-order valence-electron chi connectivity index (χ3n) is 2.60. The number of hydrogen-bond acceptors (Lipinski definition) is 5. The number of aromatic nitrogens is 1. The molecule has 2 aromatic rings. The van der Waals surface area contributed by atoms with E-state index in [0.717, 1.165) is 16.7 Å². The summed E-state index contributed by atoms with van der Waals surface area (Å²) in [6, 6.07) is 9.98. The van der Waals surface area contributed by atoms with Gasteiger partial charge in [-0.25, -0.2) is 4.98 Å². The number of carbonyl (C=O) groups excluding carboxylic acids is 2. The first-order chi connectivity index (χ1) is 10.6. The standard InChI is InChI=1S/C15H12N4O2S/c1-10(20)18-14-8-11(6-7-17-14)15(21)19-12-2-4-13(5-3-12)22-9-16/h2-8H,1H3,(H,19,21)(H,17,18,20). The summed E-state index contributed by atoms with van der Waals surface area (Å²) in [6.07, 6.45) is 1.45. The van der Waals surface area contributed by atoms with Crippen molar-refractivity contribution in [3.8, 4) is 5.40 Å². The van der Waals surface area contributed by atoms with Gasteiger partial charge in [-0.1, -0.05) is 0 Å². The molecular weight excluding hydrogens is 300 g/mol. The first-order valence-electron chi connectivity index (χ1n) is 6.29. The summed E-state index contributed by atoms with van der Waals surface area (Å²) < 4.78 is 0.